The van der Waals surface area contributed by atoms with E-state index < -0.39 is 23.1 Å². The molecule has 0 aromatic heterocycles. The summed E-state index contributed by atoms with van der Waals surface area (Å²) in [6, 6.07) is 2.29. The van der Waals surface area contributed by atoms with Crippen molar-refractivity contribution < 1.29 is 13.6 Å². The molecule has 114 valence electrons. The first-order valence-corrected chi connectivity index (χ1v) is 8.29. The van der Waals surface area contributed by atoms with Crippen LogP contribution >= 0.6 is 15.9 Å². The molecule has 1 saturated carbocycles. The average molecular weight is 358 g/mol. The molecule has 1 amide bonds. The molecule has 2 nitrogen and oxygen atoms in total. The summed E-state index contributed by atoms with van der Waals surface area (Å²) in [4.78, 5) is 14.1. The largest absolute Gasteiger partial charge is 0.338 e. The molecule has 2 unspecified atom stereocenters. The van der Waals surface area contributed by atoms with Gasteiger partial charge in [-0.05, 0) is 36.8 Å². The SMILES string of the molecule is O=C(c1c(F)cc(Br)cc1F)N1CCC2CCCCC2C1. The number of hydrogen-bond acceptors (Lipinski definition) is 1. The predicted octanol–water partition coefficient (Wildman–Crippen LogP) is 4.38. The summed E-state index contributed by atoms with van der Waals surface area (Å²) in [5.74, 6) is -0.919. The maximum absolute atomic E-state index is 13.9. The average Bonchev–Trinajstić information content (AvgIpc) is 2.45. The molecule has 3 rings (SSSR count). The van der Waals surface area contributed by atoms with Crippen molar-refractivity contribution in [3.05, 3.63) is 33.8 Å². The summed E-state index contributed by atoms with van der Waals surface area (Å²) in [6.45, 7) is 1.24. The van der Waals surface area contributed by atoms with Gasteiger partial charge in [0.15, 0.2) is 0 Å². The van der Waals surface area contributed by atoms with E-state index in [4.69, 9.17) is 0 Å². The zero-order chi connectivity index (χ0) is 15.0. The third kappa shape index (κ3) is 2.98. The number of nitrogens with zero attached hydrogens (tertiary/aromatic N) is 1. The number of fused-ring (bicyclic) bond motifs is 1. The molecule has 1 aliphatic heterocycles. The van der Waals surface area contributed by atoms with Gasteiger partial charge < -0.3 is 4.90 Å². The molecule has 1 aliphatic carbocycles. The van der Waals surface area contributed by atoms with Crippen molar-refractivity contribution >= 4 is 21.8 Å². The highest BCUT2D eigenvalue weighted by Gasteiger charge is 2.34. The normalized spacial score (nSPS) is 25.6. The van der Waals surface area contributed by atoms with Crippen LogP contribution in [0.5, 0.6) is 0 Å². The smallest absolute Gasteiger partial charge is 0.259 e. The molecule has 2 aliphatic rings. The van der Waals surface area contributed by atoms with Crippen molar-refractivity contribution in [1.29, 1.82) is 0 Å². The van der Waals surface area contributed by atoms with Gasteiger partial charge in [-0.25, -0.2) is 8.78 Å². The van der Waals surface area contributed by atoms with Crippen LogP contribution in [0.2, 0.25) is 0 Å². The Bertz CT molecular complexity index is 540. The first-order valence-electron chi connectivity index (χ1n) is 7.50. The minimum absolute atomic E-state index is 0.306. The molecule has 1 heterocycles. The Labute approximate surface area is 131 Å². The van der Waals surface area contributed by atoms with Crippen LogP contribution in [0.4, 0.5) is 8.78 Å². The number of benzene rings is 1. The van der Waals surface area contributed by atoms with Crippen LogP contribution in [0.25, 0.3) is 0 Å². The Morgan fingerprint density at radius 3 is 2.38 bits per heavy atom. The molecular formula is C16H18BrF2NO. The van der Waals surface area contributed by atoms with E-state index in [0.29, 0.717) is 29.4 Å². The molecule has 1 aromatic rings. The number of halogens is 3. The highest BCUT2D eigenvalue weighted by molar-refractivity contribution is 9.10. The van der Waals surface area contributed by atoms with Crippen molar-refractivity contribution in [2.45, 2.75) is 32.1 Å². The number of amides is 1. The van der Waals surface area contributed by atoms with Crippen LogP contribution in [0.1, 0.15) is 42.5 Å². The van der Waals surface area contributed by atoms with E-state index in [1.807, 2.05) is 0 Å². The highest BCUT2D eigenvalue weighted by atomic mass is 79.9. The van der Waals surface area contributed by atoms with Crippen LogP contribution in [-0.2, 0) is 0 Å². The Kier molecular flexibility index (Phi) is 4.29. The van der Waals surface area contributed by atoms with Gasteiger partial charge in [-0.15, -0.1) is 0 Å². The van der Waals surface area contributed by atoms with E-state index in [-0.39, 0.29) is 0 Å². The summed E-state index contributed by atoms with van der Waals surface area (Å²) in [5, 5.41) is 0. The Balaban J connectivity index is 1.80. The number of rotatable bonds is 1. The van der Waals surface area contributed by atoms with E-state index in [2.05, 4.69) is 15.9 Å². The van der Waals surface area contributed by atoms with E-state index >= 15 is 0 Å². The van der Waals surface area contributed by atoms with Gasteiger partial charge in [0.1, 0.15) is 17.2 Å². The number of carbonyl (C=O) groups is 1. The standard InChI is InChI=1S/C16H18BrF2NO/c17-12-7-13(18)15(14(19)8-12)16(21)20-6-5-10-3-1-2-4-11(10)9-20/h7-8,10-11H,1-6,9H2. The summed E-state index contributed by atoms with van der Waals surface area (Å²) in [5.41, 5.74) is -0.424. The summed E-state index contributed by atoms with van der Waals surface area (Å²) in [7, 11) is 0. The zero-order valence-corrected chi connectivity index (χ0v) is 13.3. The quantitative estimate of drug-likeness (QED) is 0.730. The number of piperidine rings is 1. The van der Waals surface area contributed by atoms with Gasteiger partial charge in [0.25, 0.3) is 5.91 Å². The van der Waals surface area contributed by atoms with E-state index in [0.717, 1.165) is 25.0 Å². The monoisotopic (exact) mass is 357 g/mol. The fourth-order valence-corrected chi connectivity index (χ4v) is 4.09. The lowest BCUT2D eigenvalue weighted by atomic mass is 9.75. The molecule has 2 atom stereocenters. The zero-order valence-electron chi connectivity index (χ0n) is 11.7. The first-order chi connectivity index (χ1) is 10.1. The van der Waals surface area contributed by atoms with Crippen molar-refractivity contribution in [2.75, 3.05) is 13.1 Å². The van der Waals surface area contributed by atoms with Crippen LogP contribution in [0, 0.1) is 23.5 Å². The predicted molar refractivity (Wildman–Crippen MR) is 80.0 cm³/mol. The Hall–Kier alpha value is -0.970. The van der Waals surface area contributed by atoms with Gasteiger partial charge in [-0.1, -0.05) is 35.2 Å². The molecule has 5 heteroatoms. The van der Waals surface area contributed by atoms with Crippen molar-refractivity contribution in [1.82, 2.24) is 4.90 Å². The van der Waals surface area contributed by atoms with Crippen molar-refractivity contribution in [2.24, 2.45) is 11.8 Å². The van der Waals surface area contributed by atoms with Crippen molar-refractivity contribution in [3.8, 4) is 0 Å². The highest BCUT2D eigenvalue weighted by Crippen LogP contribution is 2.36. The molecule has 0 bridgehead atoms. The molecule has 2 fully saturated rings. The summed E-state index contributed by atoms with van der Waals surface area (Å²) < 4.78 is 28.2. The van der Waals surface area contributed by atoms with Gasteiger partial charge in [-0.2, -0.15) is 0 Å². The van der Waals surface area contributed by atoms with Crippen LogP contribution in [0.3, 0.4) is 0 Å². The summed E-state index contributed by atoms with van der Waals surface area (Å²) in [6.07, 6.45) is 5.78. The van der Waals surface area contributed by atoms with E-state index in [9.17, 15) is 13.6 Å². The molecule has 0 spiro atoms. The first kappa shape index (κ1) is 14.9. The van der Waals surface area contributed by atoms with Crippen LogP contribution in [-0.4, -0.2) is 23.9 Å². The lowest BCUT2D eigenvalue weighted by Gasteiger charge is -2.41. The third-order valence-electron chi connectivity index (χ3n) is 4.80. The second kappa shape index (κ2) is 6.03. The summed E-state index contributed by atoms with van der Waals surface area (Å²) >= 11 is 3.03. The fourth-order valence-electron chi connectivity index (χ4n) is 3.69. The second-order valence-corrected chi connectivity index (χ2v) is 7.00. The second-order valence-electron chi connectivity index (χ2n) is 6.09. The van der Waals surface area contributed by atoms with Gasteiger partial charge in [0.05, 0.1) is 0 Å². The number of carbonyl (C=O) groups excluding carboxylic acids is 1. The van der Waals surface area contributed by atoms with Gasteiger partial charge in [0, 0.05) is 17.6 Å². The minimum Gasteiger partial charge on any atom is -0.338 e. The maximum atomic E-state index is 13.9. The molecule has 1 aromatic carbocycles. The maximum Gasteiger partial charge on any atom is 0.259 e. The lowest BCUT2D eigenvalue weighted by molar-refractivity contribution is 0.0512. The molecule has 0 N–H and O–H groups in total. The minimum atomic E-state index is -0.794. The molecule has 21 heavy (non-hydrogen) atoms. The Morgan fingerprint density at radius 2 is 1.71 bits per heavy atom. The molecular weight excluding hydrogens is 340 g/mol. The van der Waals surface area contributed by atoms with Gasteiger partial charge in [-0.3, -0.25) is 4.79 Å². The molecule has 0 radical (unpaired) electrons. The van der Waals surface area contributed by atoms with E-state index in [1.54, 1.807) is 4.90 Å². The van der Waals surface area contributed by atoms with Gasteiger partial charge >= 0.3 is 0 Å². The van der Waals surface area contributed by atoms with Crippen LogP contribution in [0.15, 0.2) is 16.6 Å². The topological polar surface area (TPSA) is 20.3 Å². The fraction of sp³-hybridized carbons (Fsp3) is 0.562. The van der Waals surface area contributed by atoms with Gasteiger partial charge in [0.2, 0.25) is 0 Å². The molecule has 1 saturated heterocycles. The third-order valence-corrected chi connectivity index (χ3v) is 5.26. The van der Waals surface area contributed by atoms with Crippen molar-refractivity contribution in [3.63, 3.8) is 0 Å². The Morgan fingerprint density at radius 1 is 1.10 bits per heavy atom. The van der Waals surface area contributed by atoms with E-state index in [1.165, 1.54) is 19.3 Å². The number of hydrogen-bond donors (Lipinski definition) is 0. The lowest BCUT2D eigenvalue weighted by Crippen LogP contribution is -2.45. The number of likely N-dealkylation sites (tertiary alicyclic amines) is 1. The van der Waals surface area contributed by atoms with Crippen LogP contribution < -0.4 is 0 Å².